The van der Waals surface area contributed by atoms with Crippen LogP contribution in [0, 0.1) is 0 Å². The van der Waals surface area contributed by atoms with Crippen molar-refractivity contribution in [2.24, 2.45) is 0 Å². The van der Waals surface area contributed by atoms with Gasteiger partial charge in [0.15, 0.2) is 0 Å². The minimum Gasteiger partial charge on any atom is -0.494 e. The van der Waals surface area contributed by atoms with Crippen molar-refractivity contribution in [2.75, 3.05) is 26.8 Å². The van der Waals surface area contributed by atoms with E-state index in [2.05, 4.69) is 29.2 Å². The van der Waals surface area contributed by atoms with E-state index in [1.807, 2.05) is 14.0 Å². The highest BCUT2D eigenvalue weighted by Crippen LogP contribution is 2.17. The molecule has 0 saturated carbocycles. The number of nitrogens with zero attached hydrogens (tertiary/aromatic N) is 1. The summed E-state index contributed by atoms with van der Waals surface area (Å²) >= 11 is 0. The molecular weight excluding hydrogens is 238 g/mol. The average molecular weight is 263 g/mol. The minimum atomic E-state index is 0.449. The Labute approximate surface area is 116 Å². The zero-order valence-corrected chi connectivity index (χ0v) is 12.1. The van der Waals surface area contributed by atoms with Crippen LogP contribution >= 0.6 is 0 Å². The summed E-state index contributed by atoms with van der Waals surface area (Å²) in [6.07, 6.45) is 4.02. The molecule has 3 nitrogen and oxygen atoms in total. The number of rotatable bonds is 5. The first-order chi connectivity index (χ1) is 9.31. The summed E-state index contributed by atoms with van der Waals surface area (Å²) < 4.78 is 10.9. The third kappa shape index (κ3) is 4.51. The average Bonchev–Trinajstić information content (AvgIpc) is 2.66. The zero-order valence-electron chi connectivity index (χ0n) is 12.1. The molecule has 1 aliphatic heterocycles. The fourth-order valence-electron chi connectivity index (χ4n) is 2.64. The smallest absolute Gasteiger partial charge is 0.119 e. The zero-order chi connectivity index (χ0) is 13.5. The lowest BCUT2D eigenvalue weighted by Gasteiger charge is -2.20. The summed E-state index contributed by atoms with van der Waals surface area (Å²) in [6, 6.07) is 8.47. The van der Waals surface area contributed by atoms with Crippen molar-refractivity contribution in [3.05, 3.63) is 29.8 Å². The number of methoxy groups -OCH3 is 1. The van der Waals surface area contributed by atoms with E-state index in [1.165, 1.54) is 24.9 Å². The number of likely N-dealkylation sites (tertiary alicyclic amines) is 1. The Kier molecular flexibility index (Phi) is 5.67. The summed E-state index contributed by atoms with van der Waals surface area (Å²) in [5.74, 6) is 0.960. The van der Waals surface area contributed by atoms with Gasteiger partial charge in [-0.15, -0.1) is 0 Å². The molecule has 1 aromatic carbocycles. The number of hydrogen-bond acceptors (Lipinski definition) is 3. The Morgan fingerprint density at radius 1 is 1.16 bits per heavy atom. The van der Waals surface area contributed by atoms with E-state index in [-0.39, 0.29) is 0 Å². The van der Waals surface area contributed by atoms with Crippen LogP contribution in [0.15, 0.2) is 24.3 Å². The normalized spacial score (nSPS) is 21.1. The van der Waals surface area contributed by atoms with Crippen LogP contribution in [0.3, 0.4) is 0 Å². The molecule has 19 heavy (non-hydrogen) atoms. The topological polar surface area (TPSA) is 21.7 Å². The fraction of sp³-hybridized carbons (Fsp3) is 0.625. The summed E-state index contributed by atoms with van der Waals surface area (Å²) in [5, 5.41) is 0. The van der Waals surface area contributed by atoms with Crippen LogP contribution < -0.4 is 4.74 Å². The molecule has 1 aromatic rings. The first-order valence-corrected chi connectivity index (χ1v) is 7.28. The SMILES string of the molecule is CCOc1ccc(CN2CCCC(OC)CC2)cc1. The standard InChI is InChI=1S/C16H25NO2/c1-3-19-16-8-6-14(7-9-16)13-17-11-4-5-15(18-2)10-12-17/h6-9,15H,3-5,10-13H2,1-2H3. The van der Waals surface area contributed by atoms with Crippen LogP contribution in [0.5, 0.6) is 5.75 Å². The van der Waals surface area contributed by atoms with Gasteiger partial charge in [-0.05, 0) is 50.4 Å². The Morgan fingerprint density at radius 2 is 1.95 bits per heavy atom. The maximum Gasteiger partial charge on any atom is 0.119 e. The van der Waals surface area contributed by atoms with Crippen LogP contribution in [-0.2, 0) is 11.3 Å². The lowest BCUT2D eigenvalue weighted by atomic mass is 10.2. The lowest BCUT2D eigenvalue weighted by Crippen LogP contribution is -2.24. The van der Waals surface area contributed by atoms with Gasteiger partial charge in [0, 0.05) is 20.2 Å². The molecule has 1 heterocycles. The molecule has 0 spiro atoms. The van der Waals surface area contributed by atoms with Gasteiger partial charge in [0.1, 0.15) is 5.75 Å². The maximum atomic E-state index is 5.47. The van der Waals surface area contributed by atoms with Crippen molar-refractivity contribution in [3.63, 3.8) is 0 Å². The largest absolute Gasteiger partial charge is 0.494 e. The summed E-state index contributed by atoms with van der Waals surface area (Å²) in [5.41, 5.74) is 1.36. The van der Waals surface area contributed by atoms with Crippen LogP contribution in [0.2, 0.25) is 0 Å². The van der Waals surface area contributed by atoms with Crippen molar-refractivity contribution in [1.82, 2.24) is 4.90 Å². The molecule has 0 N–H and O–H groups in total. The van der Waals surface area contributed by atoms with Gasteiger partial charge in [-0.25, -0.2) is 0 Å². The molecule has 1 saturated heterocycles. The molecule has 0 aliphatic carbocycles. The third-order valence-corrected chi connectivity index (χ3v) is 3.74. The van der Waals surface area contributed by atoms with E-state index < -0.39 is 0 Å². The molecule has 1 fully saturated rings. The van der Waals surface area contributed by atoms with Crippen molar-refractivity contribution in [2.45, 2.75) is 38.8 Å². The van der Waals surface area contributed by atoms with Crippen molar-refractivity contribution in [3.8, 4) is 5.75 Å². The molecule has 1 aliphatic rings. The number of hydrogen-bond donors (Lipinski definition) is 0. The summed E-state index contributed by atoms with van der Waals surface area (Å²) in [7, 11) is 1.83. The van der Waals surface area contributed by atoms with E-state index in [4.69, 9.17) is 9.47 Å². The summed E-state index contributed by atoms with van der Waals surface area (Å²) in [6.45, 7) is 6.07. The monoisotopic (exact) mass is 263 g/mol. The van der Waals surface area contributed by atoms with Gasteiger partial charge < -0.3 is 9.47 Å². The number of benzene rings is 1. The van der Waals surface area contributed by atoms with Gasteiger partial charge in [0.05, 0.1) is 12.7 Å². The van der Waals surface area contributed by atoms with Crippen molar-refractivity contribution >= 4 is 0 Å². The quantitative estimate of drug-likeness (QED) is 0.815. The molecule has 0 bridgehead atoms. The van der Waals surface area contributed by atoms with Crippen LogP contribution in [0.1, 0.15) is 31.7 Å². The Balaban J connectivity index is 1.86. The molecule has 0 aromatic heterocycles. The van der Waals surface area contributed by atoms with E-state index in [9.17, 15) is 0 Å². The van der Waals surface area contributed by atoms with E-state index in [0.717, 1.165) is 31.9 Å². The predicted molar refractivity (Wildman–Crippen MR) is 77.5 cm³/mol. The van der Waals surface area contributed by atoms with Gasteiger partial charge in [-0.3, -0.25) is 4.90 Å². The molecule has 3 heteroatoms. The lowest BCUT2D eigenvalue weighted by molar-refractivity contribution is 0.0895. The predicted octanol–water partition coefficient (Wildman–Crippen LogP) is 3.09. The Morgan fingerprint density at radius 3 is 2.63 bits per heavy atom. The van der Waals surface area contributed by atoms with Gasteiger partial charge in [0.25, 0.3) is 0 Å². The molecule has 0 radical (unpaired) electrons. The highest BCUT2D eigenvalue weighted by atomic mass is 16.5. The van der Waals surface area contributed by atoms with Gasteiger partial charge in [-0.1, -0.05) is 12.1 Å². The van der Waals surface area contributed by atoms with Crippen LogP contribution in [0.25, 0.3) is 0 Å². The molecule has 1 atom stereocenters. The van der Waals surface area contributed by atoms with Crippen LogP contribution in [-0.4, -0.2) is 37.8 Å². The van der Waals surface area contributed by atoms with Gasteiger partial charge in [0.2, 0.25) is 0 Å². The second-order valence-corrected chi connectivity index (χ2v) is 5.14. The second-order valence-electron chi connectivity index (χ2n) is 5.14. The number of ether oxygens (including phenoxy) is 2. The first kappa shape index (κ1) is 14.4. The van der Waals surface area contributed by atoms with Crippen LogP contribution in [0.4, 0.5) is 0 Å². The Hall–Kier alpha value is -1.06. The molecular formula is C16H25NO2. The highest BCUT2D eigenvalue weighted by molar-refractivity contribution is 5.27. The maximum absolute atomic E-state index is 5.47. The van der Waals surface area contributed by atoms with Gasteiger partial charge in [-0.2, -0.15) is 0 Å². The second kappa shape index (κ2) is 7.51. The van der Waals surface area contributed by atoms with Gasteiger partial charge >= 0.3 is 0 Å². The molecule has 0 amide bonds. The van der Waals surface area contributed by atoms with Crippen molar-refractivity contribution < 1.29 is 9.47 Å². The minimum absolute atomic E-state index is 0.449. The molecule has 1 unspecified atom stereocenters. The Bertz CT molecular complexity index is 364. The van der Waals surface area contributed by atoms with E-state index in [1.54, 1.807) is 0 Å². The van der Waals surface area contributed by atoms with E-state index >= 15 is 0 Å². The van der Waals surface area contributed by atoms with Crippen molar-refractivity contribution in [1.29, 1.82) is 0 Å². The molecule has 2 rings (SSSR count). The fourth-order valence-corrected chi connectivity index (χ4v) is 2.64. The molecule has 106 valence electrons. The third-order valence-electron chi connectivity index (χ3n) is 3.74. The summed E-state index contributed by atoms with van der Waals surface area (Å²) in [4.78, 5) is 2.52. The highest BCUT2D eigenvalue weighted by Gasteiger charge is 2.16. The van der Waals surface area contributed by atoms with E-state index in [0.29, 0.717) is 6.10 Å². The first-order valence-electron chi connectivity index (χ1n) is 7.28.